The van der Waals surface area contributed by atoms with Crippen LogP contribution in [0.2, 0.25) is 0 Å². The summed E-state index contributed by atoms with van der Waals surface area (Å²) in [5.74, 6) is -0.722. The zero-order chi connectivity index (χ0) is 14.4. The number of nitrogens with one attached hydrogen (secondary N) is 1. The molecule has 4 heteroatoms. The van der Waals surface area contributed by atoms with Crippen molar-refractivity contribution in [1.29, 1.82) is 0 Å². The van der Waals surface area contributed by atoms with Crippen molar-refractivity contribution in [1.82, 2.24) is 0 Å². The summed E-state index contributed by atoms with van der Waals surface area (Å²) in [7, 11) is 0. The highest BCUT2D eigenvalue weighted by Crippen LogP contribution is 2.15. The molecular formula is C16H16FNO2. The Morgan fingerprint density at radius 2 is 2.00 bits per heavy atom. The van der Waals surface area contributed by atoms with Crippen LogP contribution in [0.4, 0.5) is 10.1 Å². The van der Waals surface area contributed by atoms with Gasteiger partial charge in [-0.25, -0.2) is 4.39 Å². The Morgan fingerprint density at radius 3 is 2.75 bits per heavy atom. The highest BCUT2D eigenvalue weighted by Gasteiger charge is 2.06. The second-order valence-electron chi connectivity index (χ2n) is 4.32. The first kappa shape index (κ1) is 14.1. The lowest BCUT2D eigenvalue weighted by Gasteiger charge is -2.08. The van der Waals surface area contributed by atoms with E-state index in [1.807, 2.05) is 25.1 Å². The van der Waals surface area contributed by atoms with Gasteiger partial charge in [-0.1, -0.05) is 31.2 Å². The topological polar surface area (TPSA) is 38.3 Å². The summed E-state index contributed by atoms with van der Waals surface area (Å²) in [6, 6.07) is 13.6. The molecule has 0 saturated carbocycles. The molecule has 0 atom stereocenters. The third kappa shape index (κ3) is 3.82. The van der Waals surface area contributed by atoms with E-state index in [2.05, 4.69) is 5.32 Å². The molecule has 0 spiro atoms. The number of hydrogen-bond acceptors (Lipinski definition) is 2. The summed E-state index contributed by atoms with van der Waals surface area (Å²) >= 11 is 0. The van der Waals surface area contributed by atoms with E-state index in [1.165, 1.54) is 12.1 Å². The van der Waals surface area contributed by atoms with Gasteiger partial charge in [0, 0.05) is 5.69 Å². The van der Waals surface area contributed by atoms with E-state index in [9.17, 15) is 9.18 Å². The maximum absolute atomic E-state index is 13.3. The molecule has 0 aromatic heterocycles. The van der Waals surface area contributed by atoms with E-state index in [-0.39, 0.29) is 18.3 Å². The third-order valence-corrected chi connectivity index (χ3v) is 2.81. The first-order chi connectivity index (χ1) is 9.69. The van der Waals surface area contributed by atoms with Gasteiger partial charge < -0.3 is 10.1 Å². The minimum Gasteiger partial charge on any atom is -0.481 e. The van der Waals surface area contributed by atoms with Crippen molar-refractivity contribution in [3.63, 3.8) is 0 Å². The Kier molecular flexibility index (Phi) is 4.71. The number of carbonyl (C=O) groups is 1. The van der Waals surface area contributed by atoms with Crippen LogP contribution in [0.5, 0.6) is 5.75 Å². The molecule has 0 heterocycles. The van der Waals surface area contributed by atoms with Gasteiger partial charge >= 0.3 is 0 Å². The third-order valence-electron chi connectivity index (χ3n) is 2.81. The fourth-order valence-electron chi connectivity index (χ4n) is 1.77. The number of ether oxygens (including phenoxy) is 1. The van der Waals surface area contributed by atoms with E-state index in [4.69, 9.17) is 4.74 Å². The monoisotopic (exact) mass is 273 g/mol. The van der Waals surface area contributed by atoms with Crippen LogP contribution in [0, 0.1) is 5.82 Å². The van der Waals surface area contributed by atoms with Gasteiger partial charge in [-0.15, -0.1) is 0 Å². The van der Waals surface area contributed by atoms with Crippen molar-refractivity contribution in [2.75, 3.05) is 11.9 Å². The van der Waals surface area contributed by atoms with Gasteiger partial charge in [0.05, 0.1) is 0 Å². The Hall–Kier alpha value is -2.36. The predicted molar refractivity (Wildman–Crippen MR) is 76.3 cm³/mol. The first-order valence-electron chi connectivity index (χ1n) is 6.45. The van der Waals surface area contributed by atoms with Gasteiger partial charge in [0.15, 0.2) is 18.2 Å². The predicted octanol–water partition coefficient (Wildman–Crippen LogP) is 3.41. The highest BCUT2D eigenvalue weighted by atomic mass is 19.1. The van der Waals surface area contributed by atoms with Gasteiger partial charge in [0.1, 0.15) is 0 Å². The lowest BCUT2D eigenvalue weighted by atomic mass is 10.1. The number of halogens is 1. The zero-order valence-corrected chi connectivity index (χ0v) is 11.2. The number of amides is 1. The quantitative estimate of drug-likeness (QED) is 0.906. The van der Waals surface area contributed by atoms with Crippen molar-refractivity contribution in [2.45, 2.75) is 13.3 Å². The van der Waals surface area contributed by atoms with Crippen molar-refractivity contribution in [3.8, 4) is 5.75 Å². The van der Waals surface area contributed by atoms with Crippen molar-refractivity contribution < 1.29 is 13.9 Å². The Morgan fingerprint density at radius 1 is 1.20 bits per heavy atom. The van der Waals surface area contributed by atoms with Crippen LogP contribution in [0.25, 0.3) is 0 Å². The van der Waals surface area contributed by atoms with Crippen LogP contribution >= 0.6 is 0 Å². The second-order valence-corrected chi connectivity index (χ2v) is 4.32. The van der Waals surface area contributed by atoms with Crippen LogP contribution in [0.3, 0.4) is 0 Å². The number of hydrogen-bond donors (Lipinski definition) is 1. The summed E-state index contributed by atoms with van der Waals surface area (Å²) in [5.41, 5.74) is 1.85. The standard InChI is InChI=1S/C16H16FNO2/c1-2-12-6-5-7-13(10-12)18-16(19)11-20-15-9-4-3-8-14(15)17/h3-10H,2,11H2,1H3,(H,18,19). The smallest absolute Gasteiger partial charge is 0.262 e. The second kappa shape index (κ2) is 6.70. The number of carbonyl (C=O) groups excluding carboxylic acids is 1. The van der Waals surface area contributed by atoms with E-state index < -0.39 is 5.82 Å². The fraction of sp³-hybridized carbons (Fsp3) is 0.188. The summed E-state index contributed by atoms with van der Waals surface area (Å²) in [4.78, 5) is 11.7. The molecule has 20 heavy (non-hydrogen) atoms. The Labute approximate surface area is 117 Å². The number of aryl methyl sites for hydroxylation is 1. The molecule has 0 bridgehead atoms. The van der Waals surface area contributed by atoms with Gasteiger partial charge in [-0.05, 0) is 36.2 Å². The van der Waals surface area contributed by atoms with Crippen LogP contribution in [-0.4, -0.2) is 12.5 Å². The minimum absolute atomic E-state index is 0.0740. The van der Waals surface area contributed by atoms with Crippen molar-refractivity contribution in [3.05, 3.63) is 59.9 Å². The lowest BCUT2D eigenvalue weighted by Crippen LogP contribution is -2.20. The average Bonchev–Trinajstić information content (AvgIpc) is 2.46. The zero-order valence-electron chi connectivity index (χ0n) is 11.2. The Bertz CT molecular complexity index is 599. The molecule has 3 nitrogen and oxygen atoms in total. The summed E-state index contributed by atoms with van der Waals surface area (Å²) < 4.78 is 18.4. The SMILES string of the molecule is CCc1cccc(NC(=O)COc2ccccc2F)c1. The molecule has 0 aliphatic heterocycles. The number of para-hydroxylation sites is 1. The molecule has 2 aromatic carbocycles. The molecule has 0 unspecified atom stereocenters. The molecule has 0 aliphatic rings. The fourth-order valence-corrected chi connectivity index (χ4v) is 1.77. The van der Waals surface area contributed by atoms with E-state index in [0.29, 0.717) is 5.69 Å². The highest BCUT2D eigenvalue weighted by molar-refractivity contribution is 5.91. The maximum Gasteiger partial charge on any atom is 0.262 e. The molecule has 0 saturated heterocycles. The molecule has 2 aromatic rings. The molecule has 1 N–H and O–H groups in total. The van der Waals surface area contributed by atoms with Gasteiger partial charge in [0.2, 0.25) is 0 Å². The van der Waals surface area contributed by atoms with Crippen LogP contribution in [0.15, 0.2) is 48.5 Å². The van der Waals surface area contributed by atoms with Crippen LogP contribution in [-0.2, 0) is 11.2 Å². The normalized spacial score (nSPS) is 10.1. The maximum atomic E-state index is 13.3. The summed E-state index contributed by atoms with van der Waals surface area (Å²) in [5, 5.41) is 2.72. The van der Waals surface area contributed by atoms with Gasteiger partial charge in [-0.2, -0.15) is 0 Å². The minimum atomic E-state index is -0.478. The molecular weight excluding hydrogens is 257 g/mol. The molecule has 104 valence electrons. The van der Waals surface area contributed by atoms with Gasteiger partial charge in [0.25, 0.3) is 5.91 Å². The van der Waals surface area contributed by atoms with E-state index in [0.717, 1.165) is 12.0 Å². The first-order valence-corrected chi connectivity index (χ1v) is 6.45. The van der Waals surface area contributed by atoms with Crippen molar-refractivity contribution in [2.24, 2.45) is 0 Å². The van der Waals surface area contributed by atoms with Gasteiger partial charge in [-0.3, -0.25) is 4.79 Å². The largest absolute Gasteiger partial charge is 0.481 e. The summed E-state index contributed by atoms with van der Waals surface area (Å²) in [6.45, 7) is 1.82. The summed E-state index contributed by atoms with van der Waals surface area (Å²) in [6.07, 6.45) is 0.898. The molecule has 0 radical (unpaired) electrons. The van der Waals surface area contributed by atoms with E-state index in [1.54, 1.807) is 18.2 Å². The number of rotatable bonds is 5. The van der Waals surface area contributed by atoms with Crippen molar-refractivity contribution >= 4 is 11.6 Å². The number of anilines is 1. The average molecular weight is 273 g/mol. The molecule has 0 aliphatic carbocycles. The lowest BCUT2D eigenvalue weighted by molar-refractivity contribution is -0.118. The molecule has 2 rings (SSSR count). The van der Waals surface area contributed by atoms with Crippen LogP contribution in [0.1, 0.15) is 12.5 Å². The Balaban J connectivity index is 1.91. The van der Waals surface area contributed by atoms with Crippen LogP contribution < -0.4 is 10.1 Å². The van der Waals surface area contributed by atoms with E-state index >= 15 is 0 Å². The molecule has 0 fully saturated rings. The molecule has 1 amide bonds. The number of benzene rings is 2.